The number of carbonyl (C=O) groups excluding carboxylic acids is 3. The number of nitrogens with two attached hydrogens (primary N) is 1. The van der Waals surface area contributed by atoms with Crippen LogP contribution in [-0.2, 0) is 22.6 Å². The highest BCUT2D eigenvalue weighted by Crippen LogP contribution is 2.53. The number of carbonyl (C=O) groups is 3. The molecule has 0 aliphatic heterocycles. The number of aliphatic hydroxyl groups is 3. The number of phenols is 1. The second-order valence-electron chi connectivity index (χ2n) is 11.0. The number of allylic oxidation sites excluding steroid dienone is 1. The number of phenolic OH excluding ortho intramolecular Hbond substituents is 1. The lowest BCUT2D eigenvalue weighted by Crippen LogP contribution is -2.63. The van der Waals surface area contributed by atoms with Crippen LogP contribution in [0.15, 0.2) is 59.1 Å². The van der Waals surface area contributed by atoms with Crippen molar-refractivity contribution in [3.63, 3.8) is 0 Å². The van der Waals surface area contributed by atoms with E-state index in [0.717, 1.165) is 11.1 Å². The Morgan fingerprint density at radius 2 is 1.80 bits per heavy atom. The van der Waals surface area contributed by atoms with Gasteiger partial charge < -0.3 is 31.5 Å². The van der Waals surface area contributed by atoms with E-state index in [2.05, 4.69) is 5.32 Å². The van der Waals surface area contributed by atoms with Crippen molar-refractivity contribution in [3.05, 3.63) is 75.8 Å². The molecule has 2 aromatic rings. The largest absolute Gasteiger partial charge is 0.510 e. The van der Waals surface area contributed by atoms with Crippen molar-refractivity contribution < 1.29 is 39.2 Å². The SMILES string of the molecule is CN(C)C1C(O)=C(C(N)=O)C(=O)[C@@]2(O)C(O)=C3C(=O)c4c(O)ccc(-c5ccc(CNCCF)cc5)c4C[C@H]3C[C@@H]12. The fourth-order valence-electron chi connectivity index (χ4n) is 6.62. The molecule has 216 valence electrons. The third-order valence-electron chi connectivity index (χ3n) is 8.47. The van der Waals surface area contributed by atoms with Crippen molar-refractivity contribution in [1.82, 2.24) is 10.2 Å². The summed E-state index contributed by atoms with van der Waals surface area (Å²) in [5, 5.41) is 47.8. The van der Waals surface area contributed by atoms with Crippen LogP contribution in [0.2, 0.25) is 0 Å². The van der Waals surface area contributed by atoms with Gasteiger partial charge in [-0.2, -0.15) is 0 Å². The van der Waals surface area contributed by atoms with Gasteiger partial charge in [0.25, 0.3) is 5.91 Å². The first-order valence-electron chi connectivity index (χ1n) is 13.3. The van der Waals surface area contributed by atoms with Crippen molar-refractivity contribution in [3.8, 4) is 16.9 Å². The molecule has 3 aliphatic rings. The zero-order chi connectivity index (χ0) is 29.8. The van der Waals surface area contributed by atoms with Crippen molar-refractivity contribution in [2.24, 2.45) is 17.6 Å². The molecule has 0 saturated heterocycles. The fraction of sp³-hybridized carbons (Fsp3) is 0.367. The fourth-order valence-corrected chi connectivity index (χ4v) is 6.62. The Labute approximate surface area is 235 Å². The maximum absolute atomic E-state index is 13.9. The number of benzene rings is 2. The molecule has 2 aromatic carbocycles. The van der Waals surface area contributed by atoms with E-state index in [1.54, 1.807) is 20.2 Å². The Bertz CT molecular complexity index is 1510. The summed E-state index contributed by atoms with van der Waals surface area (Å²) in [5.41, 5.74) is 4.56. The van der Waals surface area contributed by atoms with Gasteiger partial charge in [-0.25, -0.2) is 4.39 Å². The van der Waals surface area contributed by atoms with E-state index >= 15 is 0 Å². The molecule has 1 amide bonds. The maximum Gasteiger partial charge on any atom is 0.255 e. The number of primary amides is 1. The summed E-state index contributed by atoms with van der Waals surface area (Å²) in [6, 6.07) is 9.51. The van der Waals surface area contributed by atoms with Crippen LogP contribution in [-0.4, -0.2) is 81.8 Å². The number of fused-ring (bicyclic) bond motifs is 3. The standard InChI is InChI=1S/C30H32FN3O7/c1-34(2)24-19-12-16-11-18-17(15-5-3-14(4-6-15)13-33-10-9-31)7-8-20(35)22(18)25(36)21(16)27(38)30(19,41)28(39)23(26(24)37)29(32)40/h3-8,16,19,24,33,35,37-38,41H,9-13H2,1-2H3,(H2,32,40)/t16-,19-,24?,30-/m0/s1. The number of hydrogen-bond acceptors (Lipinski definition) is 9. The molecule has 0 saturated carbocycles. The molecule has 0 bridgehead atoms. The van der Waals surface area contributed by atoms with Gasteiger partial charge in [-0.3, -0.25) is 19.3 Å². The zero-order valence-electron chi connectivity index (χ0n) is 22.6. The summed E-state index contributed by atoms with van der Waals surface area (Å²) >= 11 is 0. The van der Waals surface area contributed by atoms with Gasteiger partial charge in [0.1, 0.15) is 29.5 Å². The molecular weight excluding hydrogens is 533 g/mol. The van der Waals surface area contributed by atoms with Gasteiger partial charge in [-0.05, 0) is 61.2 Å². The van der Waals surface area contributed by atoms with Gasteiger partial charge >= 0.3 is 0 Å². The van der Waals surface area contributed by atoms with Crippen molar-refractivity contribution in [2.45, 2.75) is 31.0 Å². The van der Waals surface area contributed by atoms with Crippen molar-refractivity contribution in [1.29, 1.82) is 0 Å². The number of alkyl halides is 1. The Balaban J connectivity index is 1.61. The van der Waals surface area contributed by atoms with E-state index in [4.69, 9.17) is 5.73 Å². The number of hydrogen-bond donors (Lipinski definition) is 6. The first-order valence-corrected chi connectivity index (χ1v) is 13.3. The lowest BCUT2D eigenvalue weighted by Gasteiger charge is -2.50. The minimum atomic E-state index is -2.68. The van der Waals surface area contributed by atoms with E-state index in [1.807, 2.05) is 24.3 Å². The Kier molecular flexibility index (Phi) is 7.22. The van der Waals surface area contributed by atoms with Crippen LogP contribution in [0, 0.1) is 11.8 Å². The van der Waals surface area contributed by atoms with Crippen LogP contribution < -0.4 is 11.1 Å². The summed E-state index contributed by atoms with van der Waals surface area (Å²) in [5.74, 6) is -6.85. The first kappa shape index (κ1) is 28.5. The molecular formula is C30H32FN3O7. The van der Waals surface area contributed by atoms with E-state index in [1.165, 1.54) is 11.0 Å². The molecule has 11 heteroatoms. The van der Waals surface area contributed by atoms with Crippen LogP contribution in [0.5, 0.6) is 5.75 Å². The zero-order valence-corrected chi connectivity index (χ0v) is 22.6. The molecule has 4 atom stereocenters. The first-order chi connectivity index (χ1) is 19.4. The topological polar surface area (TPSA) is 173 Å². The minimum absolute atomic E-state index is 0.0139. The summed E-state index contributed by atoms with van der Waals surface area (Å²) in [4.78, 5) is 40.9. The number of Topliss-reactive ketones (excluding diaryl/α,β-unsaturated/α-hetero) is 2. The van der Waals surface area contributed by atoms with E-state index in [0.29, 0.717) is 17.7 Å². The molecule has 0 aromatic heterocycles. The van der Waals surface area contributed by atoms with E-state index in [9.17, 15) is 39.2 Å². The van der Waals surface area contributed by atoms with Crippen LogP contribution in [0.3, 0.4) is 0 Å². The van der Waals surface area contributed by atoms with Crippen molar-refractivity contribution in [2.75, 3.05) is 27.3 Å². The average Bonchev–Trinajstić information content (AvgIpc) is 2.91. The highest BCUT2D eigenvalue weighted by molar-refractivity contribution is 6.24. The normalized spacial score (nSPS) is 25.7. The number of nitrogens with zero attached hydrogens (tertiary/aromatic N) is 1. The summed E-state index contributed by atoms with van der Waals surface area (Å²) < 4.78 is 12.4. The van der Waals surface area contributed by atoms with Gasteiger partial charge in [-0.1, -0.05) is 30.3 Å². The third-order valence-corrected chi connectivity index (χ3v) is 8.47. The number of likely N-dealkylation sites (N-methyl/N-ethyl adjacent to an activating group) is 1. The van der Waals surface area contributed by atoms with Crippen molar-refractivity contribution >= 4 is 17.5 Å². The number of nitrogens with one attached hydrogen (secondary N) is 1. The predicted octanol–water partition coefficient (Wildman–Crippen LogP) is 1.85. The van der Waals surface area contributed by atoms with Crippen LogP contribution in [0.4, 0.5) is 4.39 Å². The lowest BCUT2D eigenvalue weighted by atomic mass is 9.58. The quantitative estimate of drug-likeness (QED) is 0.216. The number of ketones is 2. The molecule has 0 spiro atoms. The van der Waals surface area contributed by atoms with Gasteiger partial charge in [0.15, 0.2) is 11.4 Å². The summed E-state index contributed by atoms with van der Waals surface area (Å²) in [6.07, 6.45) is 0.206. The summed E-state index contributed by atoms with van der Waals surface area (Å²) in [7, 11) is 3.17. The molecule has 0 radical (unpaired) electrons. The Hall–Kier alpha value is -4.06. The smallest absolute Gasteiger partial charge is 0.255 e. The van der Waals surface area contributed by atoms with Crippen LogP contribution in [0.25, 0.3) is 11.1 Å². The van der Waals surface area contributed by atoms with Crippen LogP contribution in [0.1, 0.15) is 27.9 Å². The summed E-state index contributed by atoms with van der Waals surface area (Å²) in [6.45, 7) is 0.261. The molecule has 1 unspecified atom stereocenters. The lowest BCUT2D eigenvalue weighted by molar-refractivity contribution is -0.148. The third kappa shape index (κ3) is 4.32. The highest BCUT2D eigenvalue weighted by Gasteiger charge is 2.63. The number of amides is 1. The second kappa shape index (κ2) is 10.4. The molecule has 41 heavy (non-hydrogen) atoms. The second-order valence-corrected chi connectivity index (χ2v) is 11.0. The monoisotopic (exact) mass is 565 g/mol. The minimum Gasteiger partial charge on any atom is -0.510 e. The van der Waals surface area contributed by atoms with Gasteiger partial charge in [0, 0.05) is 24.6 Å². The van der Waals surface area contributed by atoms with Gasteiger partial charge in [0.05, 0.1) is 11.6 Å². The Morgan fingerprint density at radius 1 is 1.12 bits per heavy atom. The van der Waals surface area contributed by atoms with E-state index in [-0.39, 0.29) is 36.3 Å². The predicted molar refractivity (Wildman–Crippen MR) is 147 cm³/mol. The molecule has 10 nitrogen and oxygen atoms in total. The Morgan fingerprint density at radius 3 is 2.41 bits per heavy atom. The average molecular weight is 566 g/mol. The van der Waals surface area contributed by atoms with Gasteiger partial charge in [0.2, 0.25) is 5.78 Å². The molecule has 5 rings (SSSR count). The van der Waals surface area contributed by atoms with E-state index < -0.39 is 64.7 Å². The highest BCUT2D eigenvalue weighted by atomic mass is 19.1. The number of aliphatic hydroxyl groups excluding tert-OH is 2. The van der Waals surface area contributed by atoms with Crippen LogP contribution >= 0.6 is 0 Å². The number of rotatable bonds is 7. The molecule has 7 N–H and O–H groups in total. The molecule has 0 heterocycles. The molecule has 0 fully saturated rings. The van der Waals surface area contributed by atoms with Gasteiger partial charge in [-0.15, -0.1) is 0 Å². The maximum atomic E-state index is 13.9. The molecule has 3 aliphatic carbocycles. The number of aromatic hydroxyl groups is 1. The number of halogens is 1.